The van der Waals surface area contributed by atoms with Crippen LogP contribution in [-0.2, 0) is 4.74 Å². The monoisotopic (exact) mass is 463 g/mol. The number of hydrogen-bond acceptors (Lipinski definition) is 5. The van der Waals surface area contributed by atoms with Crippen molar-refractivity contribution in [3.63, 3.8) is 0 Å². The van der Waals surface area contributed by atoms with E-state index in [4.69, 9.17) is 16.3 Å². The zero-order chi connectivity index (χ0) is 22.9. The van der Waals surface area contributed by atoms with Gasteiger partial charge in [-0.3, -0.25) is 0 Å². The molecule has 0 fully saturated rings. The summed E-state index contributed by atoms with van der Waals surface area (Å²) in [6.07, 6.45) is -0.103. The molecule has 4 aromatic rings. The minimum Gasteiger partial charge on any atom is -0.449 e. The number of amides is 1. The number of hydrogen-bond donors (Lipinski definition) is 4. The van der Waals surface area contributed by atoms with Crippen molar-refractivity contribution in [1.29, 1.82) is 0 Å². The fraction of sp³-hybridized carbons (Fsp3) is 0.200. The number of benzene rings is 2. The third-order valence-electron chi connectivity index (χ3n) is 6.04. The van der Waals surface area contributed by atoms with Crippen molar-refractivity contribution in [2.24, 2.45) is 0 Å². The number of aliphatic hydroxyl groups is 2. The maximum absolute atomic E-state index is 12.3. The highest BCUT2D eigenvalue weighted by molar-refractivity contribution is 6.35. The van der Waals surface area contributed by atoms with Gasteiger partial charge in [-0.2, -0.15) is 0 Å². The second-order valence-electron chi connectivity index (χ2n) is 7.98. The smallest absolute Gasteiger partial charge is 0.407 e. The van der Waals surface area contributed by atoms with Crippen LogP contribution in [0.1, 0.15) is 28.7 Å². The van der Waals surface area contributed by atoms with Crippen LogP contribution in [0.15, 0.2) is 67.0 Å². The van der Waals surface area contributed by atoms with Crippen molar-refractivity contribution < 1.29 is 19.7 Å². The summed E-state index contributed by atoms with van der Waals surface area (Å²) in [4.78, 5) is 19.4. The van der Waals surface area contributed by atoms with Crippen molar-refractivity contribution >= 4 is 28.7 Å². The first-order valence-electron chi connectivity index (χ1n) is 10.6. The molecule has 0 bridgehead atoms. The first-order chi connectivity index (χ1) is 16.0. The van der Waals surface area contributed by atoms with Crippen LogP contribution < -0.4 is 5.32 Å². The number of fused-ring (bicyclic) bond motifs is 4. The van der Waals surface area contributed by atoms with E-state index in [0.29, 0.717) is 21.6 Å². The molecule has 4 N–H and O–H groups in total. The van der Waals surface area contributed by atoms with Gasteiger partial charge in [-0.05, 0) is 28.3 Å². The Kier molecular flexibility index (Phi) is 5.76. The molecule has 1 aliphatic carbocycles. The number of carbonyl (C=O) groups excluding carboxylic acids is 1. The molecule has 2 aromatic heterocycles. The van der Waals surface area contributed by atoms with Gasteiger partial charge in [0.2, 0.25) is 0 Å². The van der Waals surface area contributed by atoms with E-state index in [-0.39, 0.29) is 19.1 Å². The van der Waals surface area contributed by atoms with Crippen molar-refractivity contribution in [2.75, 3.05) is 13.2 Å². The Morgan fingerprint density at radius 2 is 1.76 bits per heavy atom. The van der Waals surface area contributed by atoms with Crippen molar-refractivity contribution in [3.05, 3.63) is 88.7 Å². The first-order valence-corrected chi connectivity index (χ1v) is 11.0. The van der Waals surface area contributed by atoms with Gasteiger partial charge in [-0.25, -0.2) is 9.78 Å². The number of pyridine rings is 1. The Morgan fingerprint density at radius 3 is 2.45 bits per heavy atom. The SMILES string of the molecule is O=C(NCC(O)C(O)c1c[nH]c2nccc(Cl)c12)OCC1c2ccccc2-c2ccccc21. The Hall–Kier alpha value is -3.39. The molecule has 2 heterocycles. The lowest BCUT2D eigenvalue weighted by Gasteiger charge is -2.19. The number of carbonyl (C=O) groups is 1. The molecule has 2 atom stereocenters. The molecular formula is C25H22ClN3O4. The van der Waals surface area contributed by atoms with Gasteiger partial charge in [-0.15, -0.1) is 0 Å². The second kappa shape index (κ2) is 8.86. The number of alkyl carbamates (subject to hydrolysis) is 1. The summed E-state index contributed by atoms with van der Waals surface area (Å²) in [5, 5.41) is 24.5. The van der Waals surface area contributed by atoms with Gasteiger partial charge in [-0.1, -0.05) is 60.1 Å². The van der Waals surface area contributed by atoms with Gasteiger partial charge >= 0.3 is 6.09 Å². The van der Waals surface area contributed by atoms with Gasteiger partial charge in [0.25, 0.3) is 0 Å². The van der Waals surface area contributed by atoms with Crippen molar-refractivity contribution in [1.82, 2.24) is 15.3 Å². The summed E-state index contributed by atoms with van der Waals surface area (Å²) in [5.41, 5.74) is 5.44. The molecule has 1 aliphatic rings. The van der Waals surface area contributed by atoms with Gasteiger partial charge in [0, 0.05) is 35.8 Å². The van der Waals surface area contributed by atoms with Gasteiger partial charge in [0.1, 0.15) is 24.5 Å². The average molecular weight is 464 g/mol. The summed E-state index contributed by atoms with van der Waals surface area (Å²) in [5.74, 6) is -0.0560. The fourth-order valence-electron chi connectivity index (χ4n) is 4.43. The zero-order valence-corrected chi connectivity index (χ0v) is 18.3. The Morgan fingerprint density at radius 1 is 1.09 bits per heavy atom. The number of aromatic amines is 1. The molecule has 2 aromatic carbocycles. The number of aromatic nitrogens is 2. The van der Waals surface area contributed by atoms with Gasteiger partial charge in [0.15, 0.2) is 0 Å². The lowest BCUT2D eigenvalue weighted by Crippen LogP contribution is -2.36. The molecule has 7 nitrogen and oxygen atoms in total. The number of H-pyrrole nitrogens is 1. The number of rotatable bonds is 6. The maximum atomic E-state index is 12.3. The molecule has 0 aliphatic heterocycles. The van der Waals surface area contributed by atoms with Crippen molar-refractivity contribution in [2.45, 2.75) is 18.1 Å². The molecule has 0 saturated heterocycles. The molecule has 5 rings (SSSR count). The van der Waals surface area contributed by atoms with Crippen LogP contribution in [-0.4, -0.2) is 45.5 Å². The zero-order valence-electron chi connectivity index (χ0n) is 17.5. The van der Waals surface area contributed by atoms with Crippen LogP contribution in [0.3, 0.4) is 0 Å². The predicted molar refractivity (Wildman–Crippen MR) is 125 cm³/mol. The number of nitrogens with zero attached hydrogens (tertiary/aromatic N) is 1. The standard InChI is InChI=1S/C25H22ClN3O4/c26-20-9-10-27-24-22(20)18(11-28-24)23(31)21(30)12-29-25(32)33-13-19-16-7-3-1-5-14(16)15-6-2-4-8-17(15)19/h1-11,19,21,23,30-31H,12-13H2,(H,27,28)(H,29,32). The summed E-state index contributed by atoms with van der Waals surface area (Å²) < 4.78 is 5.47. The van der Waals surface area contributed by atoms with E-state index in [0.717, 1.165) is 22.3 Å². The molecular weight excluding hydrogens is 442 g/mol. The highest BCUT2D eigenvalue weighted by atomic mass is 35.5. The van der Waals surface area contributed by atoms with E-state index in [1.807, 2.05) is 36.4 Å². The molecule has 2 unspecified atom stereocenters. The molecule has 0 radical (unpaired) electrons. The van der Waals surface area contributed by atoms with Crippen LogP contribution in [0.2, 0.25) is 5.02 Å². The molecule has 168 valence electrons. The summed E-state index contributed by atoms with van der Waals surface area (Å²) in [6, 6.07) is 17.8. The minimum atomic E-state index is -1.27. The topological polar surface area (TPSA) is 107 Å². The minimum absolute atomic E-state index is 0.0560. The Balaban J connectivity index is 1.21. The summed E-state index contributed by atoms with van der Waals surface area (Å²) in [7, 11) is 0. The highest BCUT2D eigenvalue weighted by Crippen LogP contribution is 2.44. The van der Waals surface area contributed by atoms with E-state index < -0.39 is 18.3 Å². The molecule has 8 heteroatoms. The van der Waals surface area contributed by atoms with Crippen LogP contribution in [0.25, 0.3) is 22.2 Å². The highest BCUT2D eigenvalue weighted by Gasteiger charge is 2.29. The molecule has 0 spiro atoms. The largest absolute Gasteiger partial charge is 0.449 e. The number of nitrogens with one attached hydrogen (secondary N) is 2. The van der Waals surface area contributed by atoms with Crippen LogP contribution >= 0.6 is 11.6 Å². The first kappa shape index (κ1) is 21.5. The average Bonchev–Trinajstić information content (AvgIpc) is 3.41. The lowest BCUT2D eigenvalue weighted by molar-refractivity contribution is 0.0194. The third kappa shape index (κ3) is 3.95. The van der Waals surface area contributed by atoms with E-state index in [1.165, 1.54) is 0 Å². The van der Waals surface area contributed by atoms with E-state index >= 15 is 0 Å². The summed E-state index contributed by atoms with van der Waals surface area (Å²) >= 11 is 6.21. The number of halogens is 1. The van der Waals surface area contributed by atoms with Crippen LogP contribution in [0.5, 0.6) is 0 Å². The second-order valence-corrected chi connectivity index (χ2v) is 8.39. The Labute approximate surface area is 195 Å². The number of ether oxygens (including phenoxy) is 1. The molecule has 1 amide bonds. The van der Waals surface area contributed by atoms with Gasteiger partial charge in [0.05, 0.1) is 5.02 Å². The van der Waals surface area contributed by atoms with Gasteiger partial charge < -0.3 is 25.3 Å². The maximum Gasteiger partial charge on any atom is 0.407 e. The van der Waals surface area contributed by atoms with Crippen molar-refractivity contribution in [3.8, 4) is 11.1 Å². The fourth-order valence-corrected chi connectivity index (χ4v) is 4.69. The van der Waals surface area contributed by atoms with E-state index in [1.54, 1.807) is 18.5 Å². The Bertz CT molecular complexity index is 1280. The predicted octanol–water partition coefficient (Wildman–Crippen LogP) is 4.15. The van der Waals surface area contributed by atoms with E-state index in [2.05, 4.69) is 27.4 Å². The summed E-state index contributed by atoms with van der Waals surface area (Å²) in [6.45, 7) is -0.0232. The number of aliphatic hydroxyl groups excluding tert-OH is 2. The molecule has 0 saturated carbocycles. The molecule has 33 heavy (non-hydrogen) atoms. The van der Waals surface area contributed by atoms with Crippen LogP contribution in [0, 0.1) is 0 Å². The lowest BCUT2D eigenvalue weighted by atomic mass is 9.98. The normalized spacial score (nSPS) is 14.5. The third-order valence-corrected chi connectivity index (χ3v) is 6.35. The van der Waals surface area contributed by atoms with E-state index in [9.17, 15) is 15.0 Å². The quantitative estimate of drug-likeness (QED) is 0.343. The van der Waals surface area contributed by atoms with Crippen LogP contribution in [0.4, 0.5) is 4.79 Å².